The molecule has 0 saturated heterocycles. The molecule has 32 heteroatoms. The molecule has 0 aliphatic rings. The number of phenols is 1. The van der Waals surface area contributed by atoms with E-state index in [0.29, 0.717) is 59.5 Å². The van der Waals surface area contributed by atoms with Gasteiger partial charge >= 0.3 is 12.4 Å². The van der Waals surface area contributed by atoms with Gasteiger partial charge < -0.3 is 68.2 Å². The topological polar surface area (TPSA) is 298 Å². The lowest BCUT2D eigenvalue weighted by Gasteiger charge is -2.15. The number of aliphatic hydroxyl groups is 3. The third kappa shape index (κ3) is 25.3. The van der Waals surface area contributed by atoms with Gasteiger partial charge in [-0.3, -0.25) is 0 Å². The van der Waals surface area contributed by atoms with Crippen molar-refractivity contribution in [2.75, 3.05) is 45.0 Å². The molecule has 0 saturated carbocycles. The molecule has 0 spiro atoms. The van der Waals surface area contributed by atoms with Gasteiger partial charge in [0.05, 0.1) is 40.9 Å². The highest BCUT2D eigenvalue weighted by Gasteiger charge is 2.34. The van der Waals surface area contributed by atoms with Crippen molar-refractivity contribution in [1.82, 2.24) is 39.1 Å². The van der Waals surface area contributed by atoms with Gasteiger partial charge in [0, 0.05) is 53.4 Å². The molecular formula is C80H83BrCl2F6N12O11. The number of nitrogens with two attached hydrogens (primary N) is 1. The minimum Gasteiger partial charge on any atom is -0.508 e. The highest BCUT2D eigenvalue weighted by molar-refractivity contribution is 9.09. The zero-order valence-corrected chi connectivity index (χ0v) is 66.1. The summed E-state index contributed by atoms with van der Waals surface area (Å²) < 4.78 is 113. The van der Waals surface area contributed by atoms with Crippen LogP contribution in [0, 0.1) is 82.4 Å². The van der Waals surface area contributed by atoms with Crippen molar-refractivity contribution in [3.05, 3.63) is 253 Å². The lowest BCUT2D eigenvalue weighted by Crippen LogP contribution is -2.21. The first kappa shape index (κ1) is 91.1. The van der Waals surface area contributed by atoms with E-state index in [-0.39, 0.29) is 75.1 Å². The summed E-state index contributed by atoms with van der Waals surface area (Å²) in [5.41, 5.74) is 16.3. The van der Waals surface area contributed by atoms with Gasteiger partial charge in [-0.25, -0.2) is 19.7 Å². The van der Waals surface area contributed by atoms with Crippen molar-refractivity contribution < 1.29 is 80.0 Å². The number of ether oxygens (including phenoxy) is 4. The van der Waals surface area contributed by atoms with Crippen molar-refractivity contribution in [2.24, 2.45) is 10.9 Å². The molecule has 0 amide bonds. The number of pyridine rings is 2. The first-order valence-corrected chi connectivity index (χ1v) is 35.5. The van der Waals surface area contributed by atoms with Gasteiger partial charge in [0.25, 0.3) is 11.8 Å². The van der Waals surface area contributed by atoms with Crippen molar-refractivity contribution in [3.63, 3.8) is 0 Å². The van der Waals surface area contributed by atoms with E-state index >= 15 is 0 Å². The quantitative estimate of drug-likeness (QED) is 0.00641. The van der Waals surface area contributed by atoms with Crippen LogP contribution in [0.3, 0.4) is 0 Å². The van der Waals surface area contributed by atoms with E-state index in [2.05, 4.69) is 87.3 Å². The minimum absolute atomic E-state index is 0.0139. The predicted molar refractivity (Wildman–Crippen MR) is 424 cm³/mol. The second-order valence-corrected chi connectivity index (χ2v) is 25.7. The number of alkyl halides is 7. The smallest absolute Gasteiger partial charge is 0.417 e. The second-order valence-electron chi connectivity index (χ2n) is 24.3. The molecule has 5 aromatic carbocycles. The number of allylic oxidation sites excluding steroid dienone is 1. The average Bonchev–Trinajstić information content (AvgIpc) is 1.63. The fourth-order valence-electron chi connectivity index (χ4n) is 10.4. The van der Waals surface area contributed by atoms with Crippen LogP contribution in [0.25, 0.3) is 66.9 Å². The Kier molecular flexibility index (Phi) is 34.7. The van der Waals surface area contributed by atoms with Crippen LogP contribution in [-0.4, -0.2) is 122 Å². The fraction of sp³-hybridized carbons (Fsp3) is 0.263. The molecule has 0 bridgehead atoms. The summed E-state index contributed by atoms with van der Waals surface area (Å²) in [5, 5.41) is 55.4. The molecule has 0 fully saturated rings. The molecule has 23 nitrogen and oxygen atoms in total. The van der Waals surface area contributed by atoms with Gasteiger partial charge in [0.15, 0.2) is 28.5 Å². The normalized spacial score (nSPS) is 11.1. The number of fused-ring (bicyclic) bond motifs is 2. The van der Waals surface area contributed by atoms with Crippen LogP contribution in [0.1, 0.15) is 79.2 Å². The van der Waals surface area contributed by atoms with Crippen molar-refractivity contribution in [3.8, 4) is 74.7 Å². The van der Waals surface area contributed by atoms with Gasteiger partial charge in [0.2, 0.25) is 11.6 Å². The number of benzene rings is 5. The Hall–Kier alpha value is -11.5. The van der Waals surface area contributed by atoms with Gasteiger partial charge in [-0.2, -0.15) is 36.3 Å². The molecule has 7 N–H and O–H groups in total. The number of aryl methyl sites for hydroxylation is 10. The molecule has 11 aromatic rings. The van der Waals surface area contributed by atoms with Crippen LogP contribution < -0.4 is 24.7 Å². The van der Waals surface area contributed by atoms with Crippen LogP contribution in [-0.2, 0) is 12.4 Å². The van der Waals surface area contributed by atoms with E-state index in [1.807, 2.05) is 77.9 Å². The fourth-order valence-corrected chi connectivity index (χ4v) is 10.9. The molecule has 11 rings (SSSR count). The molecule has 0 aliphatic heterocycles. The maximum Gasteiger partial charge on any atom is 0.417 e. The number of hydrogen-bond donors (Lipinski definition) is 6. The minimum atomic E-state index is -4.55. The third-order valence-corrected chi connectivity index (χ3v) is 16.2. The Morgan fingerprint density at radius 1 is 0.562 bits per heavy atom. The maximum absolute atomic E-state index is 13.1. The summed E-state index contributed by atoms with van der Waals surface area (Å²) in [7, 11) is 0. The zero-order valence-electron chi connectivity index (χ0n) is 63.0. The summed E-state index contributed by atoms with van der Waals surface area (Å²) in [6, 6.07) is 19.5. The summed E-state index contributed by atoms with van der Waals surface area (Å²) in [6.07, 6.45) is 1.25. The number of imidazole rings is 2. The van der Waals surface area contributed by atoms with Crippen LogP contribution in [0.15, 0.2) is 162 Å². The lowest BCUT2D eigenvalue weighted by atomic mass is 10.1. The highest BCUT2D eigenvalue weighted by Crippen LogP contribution is 2.38. The average molecular weight is 1650 g/mol. The van der Waals surface area contributed by atoms with Crippen molar-refractivity contribution in [2.45, 2.75) is 94.6 Å². The van der Waals surface area contributed by atoms with Crippen molar-refractivity contribution >= 4 is 67.6 Å². The summed E-state index contributed by atoms with van der Waals surface area (Å²) >= 11 is 15.1. The molecule has 6 heterocycles. The molecule has 0 aliphatic carbocycles. The Morgan fingerprint density at radius 3 is 1.19 bits per heavy atom. The number of aliphatic hydroxyl groups excluding tert-OH is 3. The lowest BCUT2D eigenvalue weighted by molar-refractivity contribution is -0.138. The Morgan fingerprint density at radius 2 is 0.884 bits per heavy atom. The monoisotopic (exact) mass is 1650 g/mol. The van der Waals surface area contributed by atoms with Crippen LogP contribution in [0.5, 0.6) is 28.7 Å². The largest absolute Gasteiger partial charge is 0.508 e. The molecule has 1 atom stereocenters. The molecule has 592 valence electrons. The van der Waals surface area contributed by atoms with Gasteiger partial charge in [-0.05, 0) is 205 Å². The number of rotatable bonds is 19. The molecule has 0 radical (unpaired) electrons. The number of amidine groups is 1. The van der Waals surface area contributed by atoms with E-state index in [1.165, 1.54) is 16.8 Å². The number of aromatic hydroxyl groups is 1. The Bertz CT molecular complexity index is 5100. The predicted octanol–water partition coefficient (Wildman–Crippen LogP) is 19.5. The van der Waals surface area contributed by atoms with Crippen LogP contribution in [0.4, 0.5) is 37.7 Å². The maximum atomic E-state index is 13.1. The van der Waals surface area contributed by atoms with Gasteiger partial charge in [0.1, 0.15) is 72.7 Å². The number of oxime groups is 1. The zero-order chi connectivity index (χ0) is 83.5. The molecule has 6 aromatic heterocycles. The van der Waals surface area contributed by atoms with Gasteiger partial charge in [-0.1, -0.05) is 98.6 Å². The Balaban J connectivity index is 0.000000259. The van der Waals surface area contributed by atoms with Gasteiger partial charge in [-0.15, -0.1) is 6.58 Å². The van der Waals surface area contributed by atoms with Crippen molar-refractivity contribution in [1.29, 1.82) is 0 Å². The summed E-state index contributed by atoms with van der Waals surface area (Å²) in [6.45, 7) is 49.5. The van der Waals surface area contributed by atoms with Crippen LogP contribution >= 0.6 is 39.1 Å². The van der Waals surface area contributed by atoms with E-state index in [4.69, 9.17) is 85.5 Å². The number of hydrogen-bond acceptors (Lipinski definition) is 18. The molecule has 112 heavy (non-hydrogen) atoms. The number of nitrogens with zero attached hydrogens (tertiary/aromatic N) is 11. The molecular weight excluding hydrogens is 1570 g/mol. The molecule has 1 unspecified atom stereocenters. The van der Waals surface area contributed by atoms with E-state index in [0.717, 1.165) is 107 Å². The SMILES string of the molecule is C=CCBr.C=CCOc1c(C)cc(-c2noc(-c3cn4cc(C(F)(F)F)cc(Cl)c4n3)n2)cc1C.C=CCOc1c(C)cc(C(N)=NO)cc1C.CCO.Cc1cc(-c2noc(-c3cn4cc(C(F)(F)F)cc(Cl)c4n3)n2)cc(C)c1OCC(O)CO.[C-]#[N+]c1cc(C)c(O)c(C)c1.[C-]#[N+]c1cc(C)c(OCC=C)c(C)c1. The third-order valence-electron chi connectivity index (χ3n) is 15.2. The van der Waals surface area contributed by atoms with E-state index in [9.17, 15) is 36.6 Å². The van der Waals surface area contributed by atoms with Crippen LogP contribution in [0.2, 0.25) is 10.0 Å². The highest BCUT2D eigenvalue weighted by atomic mass is 79.9. The Labute approximate surface area is 661 Å². The number of phenolic OH excluding ortho intramolecular Hbond substituents is 1. The standard InChI is InChI=1S/C21H18ClF3N4O4.C21H16ClF3N4O2.C12H16N2O2.C12H13NO.C9H9NO.C3H5Br.C2H6O/c1-10-3-12(4-11(2)17(10)32-9-14(31)8-30)18-27-20(33-28-18)16-7-29-6-13(21(23,24)25)5-15(22)19(29)26-16;1-4-5-30-17-11(2)6-13(7-12(17)3)18-27-20(31-28-18)16-10-29-9-14(21(23,24)25)8-15(22)19(29)26-16;1-4-5-16-11-8(2)6-10(7-9(11)3)12(13)14-15;1-5-6-14-12-9(2)7-11(13-4)8-10(12)3;1-6-4-8(10-3)5-7(2)9(6)11;1-2-3-4;1-2-3/h3-7,14,30-31H,8-9H2,1-2H3;4,6-10H,1,5H2,2-3H3;4,6-7,15H,1,5H2,2-3H3,(H2,13,14);5,7-8H,1,6H2,2-3H3;4-5,11H,1-2H3;2H,1,3H2;3H,2H2,1H3. The second kappa shape index (κ2) is 42.6. The number of aromatic nitrogens is 8. The van der Waals surface area contributed by atoms with E-state index < -0.39 is 36.2 Å². The first-order valence-electron chi connectivity index (χ1n) is 33.6. The summed E-state index contributed by atoms with van der Waals surface area (Å²) in [5.74, 6) is 4.01. The summed E-state index contributed by atoms with van der Waals surface area (Å²) in [4.78, 5) is 23.8. The number of halogens is 9. The van der Waals surface area contributed by atoms with E-state index in [1.54, 1.807) is 83.2 Å². The first-order chi connectivity index (χ1) is 53.0.